The molecule has 7 heteroatoms. The molecule has 0 bridgehead atoms. The van der Waals surface area contributed by atoms with Gasteiger partial charge in [-0.05, 0) is 30.9 Å². The molecule has 2 heterocycles. The molecule has 1 aromatic carbocycles. The lowest BCUT2D eigenvalue weighted by molar-refractivity contribution is 0.179. The number of carbonyl (C=O) groups is 1. The summed E-state index contributed by atoms with van der Waals surface area (Å²) in [5.41, 5.74) is 4.35. The quantitative estimate of drug-likeness (QED) is 0.518. The van der Waals surface area contributed by atoms with Gasteiger partial charge in [0.15, 0.2) is 0 Å². The summed E-state index contributed by atoms with van der Waals surface area (Å²) < 4.78 is 7.70. The number of ether oxygens (including phenoxy) is 1. The first-order valence-electron chi connectivity index (χ1n) is 13.1. The number of hydrogen-bond acceptors (Lipinski definition) is 4. The third-order valence-corrected chi connectivity index (χ3v) is 7.07. The van der Waals surface area contributed by atoms with Gasteiger partial charge < -0.3 is 15.0 Å². The zero-order valence-corrected chi connectivity index (χ0v) is 21.6. The Morgan fingerprint density at radius 3 is 2.77 bits per heavy atom. The molecule has 2 aliphatic rings. The number of fused-ring (bicyclic) bond motifs is 1. The molecule has 1 N–H and O–H groups in total. The molecule has 190 valence electrons. The molecule has 7 nitrogen and oxygen atoms in total. The van der Waals surface area contributed by atoms with Crippen molar-refractivity contribution < 1.29 is 9.53 Å². The topological polar surface area (TPSA) is 62.6 Å². The Balaban J connectivity index is 1.66. The monoisotopic (exact) mass is 479 g/mol. The highest BCUT2D eigenvalue weighted by atomic mass is 16.5. The Bertz CT molecular complexity index is 1010. The lowest BCUT2D eigenvalue weighted by Crippen LogP contribution is -2.46. The molecule has 4 rings (SSSR count). The van der Waals surface area contributed by atoms with E-state index in [-0.39, 0.29) is 12.1 Å². The normalized spacial score (nSPS) is 16.7. The Hall–Kier alpha value is -2.80. The van der Waals surface area contributed by atoms with Crippen LogP contribution in [0.15, 0.2) is 36.9 Å². The maximum absolute atomic E-state index is 13.4. The number of methoxy groups -OCH3 is 1. The van der Waals surface area contributed by atoms with Gasteiger partial charge in [-0.15, -0.1) is 6.58 Å². The van der Waals surface area contributed by atoms with Crippen LogP contribution < -0.4 is 10.1 Å². The Morgan fingerprint density at radius 1 is 1.29 bits per heavy atom. The Kier molecular flexibility index (Phi) is 8.50. The van der Waals surface area contributed by atoms with E-state index in [1.807, 2.05) is 39.9 Å². The Morgan fingerprint density at radius 2 is 2.06 bits per heavy atom. The van der Waals surface area contributed by atoms with Crippen molar-refractivity contribution in [2.24, 2.45) is 5.92 Å². The third-order valence-electron chi connectivity index (χ3n) is 7.07. The number of nitrogens with zero attached hydrogens (tertiary/aromatic N) is 4. The zero-order chi connectivity index (χ0) is 24.8. The van der Waals surface area contributed by atoms with E-state index < -0.39 is 0 Å². The van der Waals surface area contributed by atoms with Crippen molar-refractivity contribution in [1.82, 2.24) is 24.9 Å². The number of hydrogen-bond donors (Lipinski definition) is 1. The van der Waals surface area contributed by atoms with Crippen molar-refractivity contribution >= 4 is 6.03 Å². The van der Waals surface area contributed by atoms with E-state index in [9.17, 15) is 4.79 Å². The van der Waals surface area contributed by atoms with Gasteiger partial charge in [-0.25, -0.2) is 9.48 Å². The van der Waals surface area contributed by atoms with Crippen LogP contribution in [0, 0.1) is 5.92 Å². The van der Waals surface area contributed by atoms with Gasteiger partial charge in [0.2, 0.25) is 0 Å². The summed E-state index contributed by atoms with van der Waals surface area (Å²) in [6.45, 7) is 12.1. The van der Waals surface area contributed by atoms with Crippen LogP contribution in [0.3, 0.4) is 0 Å². The lowest BCUT2D eigenvalue weighted by atomic mass is 9.96. The summed E-state index contributed by atoms with van der Waals surface area (Å²) in [6.07, 6.45) is 8.68. The van der Waals surface area contributed by atoms with Crippen molar-refractivity contribution in [3.8, 4) is 11.4 Å². The standard InChI is InChI=1S/C28H41N5O2/c1-5-16-31-17-15-25-23(19-31)24(30-33(25)26-13-9-10-14-27(26)35-4)20-32(18-21(2)3)28(34)29-22-11-7-6-8-12-22/h5,9-10,13-14,21-22H,1,6-8,11-12,15-20H2,2-4H3,(H,29,34). The predicted molar refractivity (Wildman–Crippen MR) is 140 cm³/mol. The second kappa shape index (κ2) is 11.8. The number of urea groups is 1. The maximum Gasteiger partial charge on any atom is 0.317 e. The second-order valence-electron chi connectivity index (χ2n) is 10.3. The van der Waals surface area contributed by atoms with Crippen molar-refractivity contribution in [2.75, 3.05) is 26.7 Å². The number of rotatable bonds is 9. The van der Waals surface area contributed by atoms with Gasteiger partial charge >= 0.3 is 6.03 Å². The van der Waals surface area contributed by atoms with Crippen molar-refractivity contribution in [2.45, 2.75) is 71.5 Å². The molecule has 1 aromatic heterocycles. The molecule has 1 fully saturated rings. The smallest absolute Gasteiger partial charge is 0.317 e. The second-order valence-corrected chi connectivity index (χ2v) is 10.3. The SMILES string of the molecule is C=CCN1CCc2c(c(CN(CC(C)C)C(=O)NC3CCCCC3)nn2-c2ccccc2OC)C1. The molecule has 1 aliphatic carbocycles. The number of amides is 2. The van der Waals surface area contributed by atoms with Gasteiger partial charge in [-0.1, -0.05) is 51.3 Å². The molecule has 0 radical (unpaired) electrons. The number of para-hydroxylation sites is 2. The summed E-state index contributed by atoms with van der Waals surface area (Å²) in [5, 5.41) is 8.42. The van der Waals surface area contributed by atoms with Crippen LogP contribution in [0.4, 0.5) is 4.79 Å². The van der Waals surface area contributed by atoms with Gasteiger partial charge in [0.25, 0.3) is 0 Å². The minimum atomic E-state index is 0.0324. The van der Waals surface area contributed by atoms with E-state index in [1.165, 1.54) is 30.5 Å². The highest BCUT2D eigenvalue weighted by Gasteiger charge is 2.29. The molecule has 1 saturated carbocycles. The first-order chi connectivity index (χ1) is 17.0. The van der Waals surface area contributed by atoms with Crippen molar-refractivity contribution in [1.29, 1.82) is 0 Å². The summed E-state index contributed by atoms with van der Waals surface area (Å²) >= 11 is 0. The van der Waals surface area contributed by atoms with Gasteiger partial charge in [-0.2, -0.15) is 5.10 Å². The maximum atomic E-state index is 13.4. The summed E-state index contributed by atoms with van der Waals surface area (Å²) in [5.74, 6) is 1.17. The summed E-state index contributed by atoms with van der Waals surface area (Å²) in [7, 11) is 1.70. The van der Waals surface area contributed by atoms with Crippen LogP contribution in [0.5, 0.6) is 5.75 Å². The number of benzene rings is 1. The van der Waals surface area contributed by atoms with Crippen LogP contribution in [0.25, 0.3) is 5.69 Å². The fourth-order valence-corrected chi connectivity index (χ4v) is 5.36. The molecule has 0 saturated heterocycles. The highest BCUT2D eigenvalue weighted by molar-refractivity contribution is 5.74. The van der Waals surface area contributed by atoms with Crippen LogP contribution in [0.1, 0.15) is 62.9 Å². The fraction of sp³-hybridized carbons (Fsp3) is 0.571. The average molecular weight is 480 g/mol. The van der Waals surface area contributed by atoms with E-state index in [4.69, 9.17) is 9.84 Å². The Labute approximate surface area is 210 Å². The minimum absolute atomic E-state index is 0.0324. The molecule has 1 aliphatic heterocycles. The van der Waals surface area contributed by atoms with Gasteiger partial charge in [-0.3, -0.25) is 4.90 Å². The third kappa shape index (κ3) is 6.07. The van der Waals surface area contributed by atoms with Crippen LogP contribution >= 0.6 is 0 Å². The largest absolute Gasteiger partial charge is 0.494 e. The summed E-state index contributed by atoms with van der Waals surface area (Å²) in [6, 6.07) is 8.33. The van der Waals surface area contributed by atoms with Crippen molar-refractivity contribution in [3.05, 3.63) is 53.9 Å². The lowest BCUT2D eigenvalue weighted by Gasteiger charge is -2.30. The van der Waals surface area contributed by atoms with E-state index in [1.54, 1.807) is 7.11 Å². The van der Waals surface area contributed by atoms with Crippen LogP contribution in [-0.2, 0) is 19.5 Å². The molecule has 35 heavy (non-hydrogen) atoms. The van der Waals surface area contributed by atoms with E-state index >= 15 is 0 Å². The van der Waals surface area contributed by atoms with Crippen LogP contribution in [0.2, 0.25) is 0 Å². The summed E-state index contributed by atoms with van der Waals surface area (Å²) in [4.78, 5) is 17.8. The molecule has 0 unspecified atom stereocenters. The average Bonchev–Trinajstić information content (AvgIpc) is 3.21. The highest BCUT2D eigenvalue weighted by Crippen LogP contribution is 2.30. The first kappa shape index (κ1) is 25.3. The molecule has 2 amide bonds. The van der Waals surface area contributed by atoms with Gasteiger partial charge in [0.05, 0.1) is 25.0 Å². The number of carbonyl (C=O) groups excluding carboxylic acids is 1. The molecular weight excluding hydrogens is 438 g/mol. The van der Waals surface area contributed by atoms with Gasteiger partial charge in [0.1, 0.15) is 11.4 Å². The van der Waals surface area contributed by atoms with E-state index in [0.29, 0.717) is 19.0 Å². The molecule has 2 aromatic rings. The predicted octanol–water partition coefficient (Wildman–Crippen LogP) is 4.93. The zero-order valence-electron chi connectivity index (χ0n) is 21.6. The minimum Gasteiger partial charge on any atom is -0.494 e. The van der Waals surface area contributed by atoms with Crippen molar-refractivity contribution in [3.63, 3.8) is 0 Å². The molecular formula is C28H41N5O2. The number of aromatic nitrogens is 2. The molecule has 0 spiro atoms. The fourth-order valence-electron chi connectivity index (χ4n) is 5.36. The van der Waals surface area contributed by atoms with E-state index in [0.717, 1.165) is 56.0 Å². The van der Waals surface area contributed by atoms with Crippen LogP contribution in [-0.4, -0.2) is 58.4 Å². The van der Waals surface area contributed by atoms with E-state index in [2.05, 4.69) is 30.6 Å². The van der Waals surface area contributed by atoms with Gasteiger partial charge in [0, 0.05) is 44.2 Å². The molecule has 0 atom stereocenters. The first-order valence-corrected chi connectivity index (χ1v) is 13.1. The number of nitrogens with one attached hydrogen (secondary N) is 1.